The van der Waals surface area contributed by atoms with E-state index in [1.165, 1.54) is 16.2 Å². The molecule has 1 saturated carbocycles. The number of aromatic nitrogens is 3. The topological polar surface area (TPSA) is 82.8 Å². The third kappa shape index (κ3) is 3.48. The lowest BCUT2D eigenvalue weighted by Crippen LogP contribution is -2.67. The van der Waals surface area contributed by atoms with Crippen LogP contribution >= 0.6 is 11.3 Å². The molecule has 2 aliphatic rings. The monoisotopic (exact) mass is 464 g/mol. The zero-order chi connectivity index (χ0) is 22.7. The Bertz CT molecular complexity index is 1190. The van der Waals surface area contributed by atoms with Gasteiger partial charge in [0.1, 0.15) is 10.6 Å². The van der Waals surface area contributed by atoms with Crippen LogP contribution in [0, 0.1) is 5.41 Å². The quantitative estimate of drug-likeness (QED) is 0.643. The van der Waals surface area contributed by atoms with Crippen LogP contribution in [0.15, 0.2) is 36.1 Å². The second-order valence-electron chi connectivity index (χ2n) is 8.40. The SMILES string of the molecule is CN(C(=O)Nc1cc(C(F)(F)F)ccn1)C1CC2(C1)CN(C(=O)c1cnn3ccsc13)C2. The molecule has 4 heterocycles. The molecule has 12 heteroatoms. The Morgan fingerprint density at radius 1 is 1.31 bits per heavy atom. The molecule has 3 aromatic heterocycles. The van der Waals surface area contributed by atoms with Crippen molar-refractivity contribution in [2.45, 2.75) is 25.1 Å². The maximum absolute atomic E-state index is 12.8. The number of carbonyl (C=O) groups is 2. The van der Waals surface area contributed by atoms with Gasteiger partial charge in [-0.05, 0) is 25.0 Å². The summed E-state index contributed by atoms with van der Waals surface area (Å²) in [5.41, 5.74) is -0.285. The molecule has 1 spiro atoms. The first-order valence-corrected chi connectivity index (χ1v) is 10.8. The summed E-state index contributed by atoms with van der Waals surface area (Å²) in [7, 11) is 1.61. The predicted octanol–water partition coefficient (Wildman–Crippen LogP) is 3.58. The van der Waals surface area contributed by atoms with Gasteiger partial charge in [0.15, 0.2) is 0 Å². The molecule has 5 rings (SSSR count). The predicted molar refractivity (Wildman–Crippen MR) is 110 cm³/mol. The first kappa shape index (κ1) is 20.7. The fourth-order valence-electron chi connectivity index (χ4n) is 4.46. The van der Waals surface area contributed by atoms with Crippen LogP contribution < -0.4 is 5.32 Å². The van der Waals surface area contributed by atoms with Crippen molar-refractivity contribution >= 4 is 33.9 Å². The van der Waals surface area contributed by atoms with E-state index in [1.54, 1.807) is 28.9 Å². The highest BCUT2D eigenvalue weighted by Crippen LogP contribution is 2.50. The van der Waals surface area contributed by atoms with E-state index in [9.17, 15) is 22.8 Å². The number of halogens is 3. The molecular weight excluding hydrogens is 445 g/mol. The van der Waals surface area contributed by atoms with Crippen molar-refractivity contribution in [2.75, 3.05) is 25.5 Å². The molecule has 1 saturated heterocycles. The largest absolute Gasteiger partial charge is 0.416 e. The Balaban J connectivity index is 1.14. The standard InChI is InChI=1S/C20H19F3N6O2S/c1-27(18(31)26-15-6-12(2-3-24-15)20(21,22)23)13-7-19(8-13)10-28(11-19)16(30)14-9-25-29-4-5-32-17(14)29/h2-6,9,13H,7-8,10-11H2,1H3,(H,24,26,31). The van der Waals surface area contributed by atoms with E-state index in [0.717, 1.165) is 36.0 Å². The van der Waals surface area contributed by atoms with Crippen molar-refractivity contribution in [3.8, 4) is 0 Å². The number of nitrogens with zero attached hydrogens (tertiary/aromatic N) is 5. The van der Waals surface area contributed by atoms with Crippen LogP contribution in [0.1, 0.15) is 28.8 Å². The minimum atomic E-state index is -4.51. The Morgan fingerprint density at radius 3 is 2.78 bits per heavy atom. The zero-order valence-electron chi connectivity index (χ0n) is 17.0. The van der Waals surface area contributed by atoms with Gasteiger partial charge in [0.2, 0.25) is 0 Å². The normalized spacial score (nSPS) is 17.8. The van der Waals surface area contributed by atoms with E-state index in [2.05, 4.69) is 15.4 Å². The average molecular weight is 464 g/mol. The van der Waals surface area contributed by atoms with Gasteiger partial charge in [-0.15, -0.1) is 11.3 Å². The number of nitrogens with one attached hydrogen (secondary N) is 1. The number of alkyl halides is 3. The van der Waals surface area contributed by atoms with Gasteiger partial charge < -0.3 is 9.80 Å². The van der Waals surface area contributed by atoms with Gasteiger partial charge in [-0.2, -0.15) is 18.3 Å². The molecule has 32 heavy (non-hydrogen) atoms. The van der Waals surface area contributed by atoms with Gasteiger partial charge in [0.25, 0.3) is 5.91 Å². The lowest BCUT2D eigenvalue weighted by molar-refractivity contribution is -0.137. The van der Waals surface area contributed by atoms with E-state index in [-0.39, 0.29) is 23.2 Å². The first-order chi connectivity index (χ1) is 15.2. The maximum Gasteiger partial charge on any atom is 0.416 e. The van der Waals surface area contributed by atoms with Crippen LogP contribution in [0.3, 0.4) is 0 Å². The van der Waals surface area contributed by atoms with Gasteiger partial charge in [-0.25, -0.2) is 14.3 Å². The van der Waals surface area contributed by atoms with Crippen LogP contribution in [0.25, 0.3) is 4.83 Å². The highest BCUT2D eigenvalue weighted by atomic mass is 32.1. The molecule has 2 fully saturated rings. The molecule has 0 unspecified atom stereocenters. The smallest absolute Gasteiger partial charge is 0.337 e. The number of likely N-dealkylation sites (tertiary alicyclic amines) is 1. The van der Waals surface area contributed by atoms with Crippen LogP contribution in [-0.2, 0) is 6.18 Å². The third-order valence-electron chi connectivity index (χ3n) is 6.23. The minimum absolute atomic E-state index is 0.00888. The maximum atomic E-state index is 12.8. The molecule has 1 N–H and O–H groups in total. The van der Waals surface area contributed by atoms with E-state index < -0.39 is 17.8 Å². The molecule has 3 amide bonds. The zero-order valence-corrected chi connectivity index (χ0v) is 17.8. The second-order valence-corrected chi connectivity index (χ2v) is 9.30. The number of hydrogen-bond acceptors (Lipinski definition) is 5. The number of thiazole rings is 1. The number of amides is 3. The fourth-order valence-corrected chi connectivity index (χ4v) is 5.25. The molecule has 8 nitrogen and oxygen atoms in total. The van der Waals surface area contributed by atoms with Crippen LogP contribution in [0.2, 0.25) is 0 Å². The van der Waals surface area contributed by atoms with Crippen molar-refractivity contribution in [3.63, 3.8) is 0 Å². The van der Waals surface area contributed by atoms with Crippen LogP contribution in [-0.4, -0.2) is 62.5 Å². The van der Waals surface area contributed by atoms with Crippen molar-refractivity contribution in [2.24, 2.45) is 5.41 Å². The van der Waals surface area contributed by atoms with Crippen LogP contribution in [0.5, 0.6) is 0 Å². The first-order valence-electron chi connectivity index (χ1n) is 9.92. The Morgan fingerprint density at radius 2 is 2.06 bits per heavy atom. The van der Waals surface area contributed by atoms with E-state index in [0.29, 0.717) is 18.7 Å². The van der Waals surface area contributed by atoms with Gasteiger partial charge in [0, 0.05) is 49.4 Å². The number of rotatable bonds is 3. The molecule has 1 aliphatic carbocycles. The third-order valence-corrected chi connectivity index (χ3v) is 7.12. The summed E-state index contributed by atoms with van der Waals surface area (Å²) < 4.78 is 40.2. The van der Waals surface area contributed by atoms with Gasteiger partial charge >= 0.3 is 12.2 Å². The number of anilines is 1. The summed E-state index contributed by atoms with van der Waals surface area (Å²) in [5.74, 6) is -0.189. The Labute approximate surface area is 184 Å². The van der Waals surface area contributed by atoms with Crippen molar-refractivity contribution < 1.29 is 22.8 Å². The Kier molecular flexibility index (Phi) is 4.66. The van der Waals surface area contributed by atoms with E-state index >= 15 is 0 Å². The summed E-state index contributed by atoms with van der Waals surface area (Å²) in [5, 5.41) is 8.49. The Hall–Kier alpha value is -3.15. The van der Waals surface area contributed by atoms with E-state index in [4.69, 9.17) is 0 Å². The highest BCUT2D eigenvalue weighted by molar-refractivity contribution is 7.15. The number of urea groups is 1. The number of hydrogen-bond donors (Lipinski definition) is 1. The minimum Gasteiger partial charge on any atom is -0.337 e. The number of carbonyl (C=O) groups excluding carboxylic acids is 2. The fraction of sp³-hybridized carbons (Fsp3) is 0.400. The highest BCUT2D eigenvalue weighted by Gasteiger charge is 2.55. The number of pyridine rings is 1. The molecule has 1 aliphatic heterocycles. The molecule has 0 radical (unpaired) electrons. The summed E-state index contributed by atoms with van der Waals surface area (Å²) in [6.45, 7) is 1.24. The van der Waals surface area contributed by atoms with Crippen LogP contribution in [0.4, 0.5) is 23.8 Å². The summed E-state index contributed by atoms with van der Waals surface area (Å²) in [4.78, 5) is 33.1. The average Bonchev–Trinajstić information content (AvgIpc) is 3.28. The molecular formula is C20H19F3N6O2S. The molecule has 0 bridgehead atoms. The van der Waals surface area contributed by atoms with Crippen molar-refractivity contribution in [1.82, 2.24) is 24.4 Å². The molecule has 0 aromatic carbocycles. The van der Waals surface area contributed by atoms with Crippen molar-refractivity contribution in [1.29, 1.82) is 0 Å². The van der Waals surface area contributed by atoms with Crippen molar-refractivity contribution in [3.05, 3.63) is 47.2 Å². The summed E-state index contributed by atoms with van der Waals surface area (Å²) in [6, 6.07) is 1.11. The summed E-state index contributed by atoms with van der Waals surface area (Å²) in [6.07, 6.45) is 1.37. The lowest BCUT2D eigenvalue weighted by atomic mass is 9.60. The lowest BCUT2D eigenvalue weighted by Gasteiger charge is -2.60. The van der Waals surface area contributed by atoms with Gasteiger partial charge in [-0.3, -0.25) is 10.1 Å². The van der Waals surface area contributed by atoms with Gasteiger partial charge in [-0.1, -0.05) is 0 Å². The van der Waals surface area contributed by atoms with E-state index in [1.807, 2.05) is 5.38 Å². The summed E-state index contributed by atoms with van der Waals surface area (Å²) >= 11 is 1.47. The molecule has 0 atom stereocenters. The number of fused-ring (bicyclic) bond motifs is 1. The van der Waals surface area contributed by atoms with Gasteiger partial charge in [0.05, 0.1) is 17.3 Å². The second kappa shape index (κ2) is 7.19. The molecule has 168 valence electrons. The molecule has 3 aromatic rings.